The number of hydrazone groups is 2. The quantitative estimate of drug-likeness (QED) is 0.258. The van der Waals surface area contributed by atoms with Gasteiger partial charge in [-0.05, 0) is 30.7 Å². The Morgan fingerprint density at radius 1 is 0.541 bits per heavy atom. The summed E-state index contributed by atoms with van der Waals surface area (Å²) in [6.07, 6.45) is 7.35. The lowest BCUT2D eigenvalue weighted by molar-refractivity contribution is -0.122. The summed E-state index contributed by atoms with van der Waals surface area (Å²) >= 11 is 0. The highest BCUT2D eigenvalue weighted by atomic mass is 16.2. The zero-order valence-corrected chi connectivity index (χ0v) is 20.1. The zero-order valence-electron chi connectivity index (χ0n) is 20.1. The molecule has 0 unspecified atom stereocenters. The van der Waals surface area contributed by atoms with Gasteiger partial charge in [-0.1, -0.05) is 60.7 Å². The molecule has 0 fully saturated rings. The maximum Gasteiger partial charge on any atom is 0.240 e. The summed E-state index contributed by atoms with van der Waals surface area (Å²) in [6, 6.07) is 26.5. The van der Waals surface area contributed by atoms with Crippen LogP contribution in [0.25, 0.3) is 0 Å². The van der Waals surface area contributed by atoms with E-state index < -0.39 is 0 Å². The third-order valence-electron chi connectivity index (χ3n) is 5.39. The number of benzene rings is 2. The minimum Gasteiger partial charge on any atom is -0.273 e. The highest BCUT2D eigenvalue weighted by molar-refractivity contribution is 6.13. The molecule has 2 N–H and O–H groups in total. The van der Waals surface area contributed by atoms with Crippen LogP contribution in [0.15, 0.2) is 120 Å². The molecule has 0 aliphatic rings. The molecular formula is C29H26N6O2. The van der Waals surface area contributed by atoms with E-state index in [-0.39, 0.29) is 24.7 Å². The predicted octanol–water partition coefficient (Wildman–Crippen LogP) is 4.08. The average molecular weight is 491 g/mol. The Balaban J connectivity index is 1.33. The topological polar surface area (TPSA) is 109 Å². The molecule has 8 nitrogen and oxygen atoms in total. The van der Waals surface area contributed by atoms with Crippen LogP contribution in [-0.2, 0) is 9.59 Å². The van der Waals surface area contributed by atoms with E-state index in [1.54, 1.807) is 24.8 Å². The molecule has 8 heteroatoms. The molecule has 2 aromatic carbocycles. The van der Waals surface area contributed by atoms with Gasteiger partial charge < -0.3 is 0 Å². The van der Waals surface area contributed by atoms with Crippen LogP contribution in [0.4, 0.5) is 0 Å². The summed E-state index contributed by atoms with van der Waals surface area (Å²) in [6.45, 7) is 0. The van der Waals surface area contributed by atoms with Crippen LogP contribution in [0.2, 0.25) is 0 Å². The van der Waals surface area contributed by atoms with Gasteiger partial charge in [-0.2, -0.15) is 10.2 Å². The lowest BCUT2D eigenvalue weighted by Crippen LogP contribution is -2.23. The van der Waals surface area contributed by atoms with Crippen LogP contribution in [-0.4, -0.2) is 33.2 Å². The van der Waals surface area contributed by atoms with Crippen LogP contribution in [0.5, 0.6) is 0 Å². The third-order valence-corrected chi connectivity index (χ3v) is 5.39. The molecule has 2 amide bonds. The minimum atomic E-state index is -0.277. The van der Waals surface area contributed by atoms with Gasteiger partial charge in [-0.15, -0.1) is 0 Å². The van der Waals surface area contributed by atoms with Crippen molar-refractivity contribution in [3.63, 3.8) is 0 Å². The van der Waals surface area contributed by atoms with E-state index in [9.17, 15) is 9.59 Å². The molecule has 37 heavy (non-hydrogen) atoms. The summed E-state index contributed by atoms with van der Waals surface area (Å²) < 4.78 is 0. The SMILES string of the molecule is O=C(CCCC(=O)N/N=C(\c1ccccc1)c1ccncc1)N/N=C(/c1ccccc1)c1ccncc1. The fourth-order valence-electron chi connectivity index (χ4n) is 3.56. The van der Waals surface area contributed by atoms with Gasteiger partial charge >= 0.3 is 0 Å². The van der Waals surface area contributed by atoms with Crippen molar-refractivity contribution in [2.75, 3.05) is 0 Å². The van der Waals surface area contributed by atoms with Gasteiger partial charge in [0.15, 0.2) is 0 Å². The number of nitrogens with one attached hydrogen (secondary N) is 2. The van der Waals surface area contributed by atoms with Crippen LogP contribution in [0, 0.1) is 0 Å². The first-order chi connectivity index (χ1) is 18.2. The normalized spacial score (nSPS) is 11.6. The first-order valence-corrected chi connectivity index (χ1v) is 11.9. The van der Waals surface area contributed by atoms with E-state index in [0.29, 0.717) is 17.8 Å². The Hall–Kier alpha value is -4.98. The summed E-state index contributed by atoms with van der Waals surface area (Å²) in [7, 11) is 0. The number of pyridine rings is 2. The first-order valence-electron chi connectivity index (χ1n) is 11.9. The van der Waals surface area contributed by atoms with Crippen molar-refractivity contribution in [3.05, 3.63) is 132 Å². The molecule has 0 aliphatic heterocycles. The molecule has 0 saturated heterocycles. The highest BCUT2D eigenvalue weighted by Crippen LogP contribution is 2.11. The average Bonchev–Trinajstić information content (AvgIpc) is 2.95. The molecule has 184 valence electrons. The summed E-state index contributed by atoms with van der Waals surface area (Å²) in [5, 5.41) is 8.70. The highest BCUT2D eigenvalue weighted by Gasteiger charge is 2.10. The maximum absolute atomic E-state index is 12.4. The van der Waals surface area contributed by atoms with Crippen LogP contribution >= 0.6 is 0 Å². The minimum absolute atomic E-state index is 0.148. The summed E-state index contributed by atoms with van der Waals surface area (Å²) in [4.78, 5) is 32.9. The molecule has 0 radical (unpaired) electrons. The number of hydrogen-bond donors (Lipinski definition) is 2. The molecule has 0 spiro atoms. The van der Waals surface area contributed by atoms with Crippen LogP contribution in [0.1, 0.15) is 41.5 Å². The number of hydrogen-bond acceptors (Lipinski definition) is 6. The molecule has 4 rings (SSSR count). The second kappa shape index (κ2) is 13.2. The van der Waals surface area contributed by atoms with Crippen LogP contribution < -0.4 is 10.9 Å². The Labute approximate surface area is 215 Å². The fourth-order valence-corrected chi connectivity index (χ4v) is 3.56. The molecule has 2 heterocycles. The Bertz CT molecular complexity index is 1170. The summed E-state index contributed by atoms with van der Waals surface area (Å²) in [5.41, 5.74) is 9.90. The van der Waals surface area contributed by atoms with Gasteiger partial charge in [-0.25, -0.2) is 10.9 Å². The Morgan fingerprint density at radius 2 is 0.892 bits per heavy atom. The molecule has 0 aliphatic carbocycles. The van der Waals surface area contributed by atoms with E-state index in [2.05, 4.69) is 31.0 Å². The monoisotopic (exact) mass is 490 g/mol. The smallest absolute Gasteiger partial charge is 0.240 e. The first kappa shape index (κ1) is 25.1. The second-order valence-corrected chi connectivity index (χ2v) is 8.05. The number of amides is 2. The summed E-state index contributed by atoms with van der Waals surface area (Å²) in [5.74, 6) is -0.555. The van der Waals surface area contributed by atoms with Gasteiger partial charge in [0, 0.05) is 59.9 Å². The molecular weight excluding hydrogens is 464 g/mol. The number of nitrogens with zero attached hydrogens (tertiary/aromatic N) is 4. The standard InChI is InChI=1S/C29H26N6O2/c36-26(32-34-28(22-8-3-1-4-9-22)24-14-18-30-19-15-24)12-7-13-27(37)33-35-29(23-10-5-2-6-11-23)25-16-20-31-21-17-25/h1-6,8-11,14-21H,7,12-13H2,(H,32,36)(H,33,37)/b34-28-,35-29+. The molecule has 0 atom stereocenters. The van der Waals surface area contributed by atoms with Crippen molar-refractivity contribution >= 4 is 23.2 Å². The van der Waals surface area contributed by atoms with Gasteiger partial charge in [0.1, 0.15) is 0 Å². The number of aromatic nitrogens is 2. The Morgan fingerprint density at radius 3 is 1.27 bits per heavy atom. The number of carbonyl (C=O) groups excluding carboxylic acids is 2. The molecule has 4 aromatic rings. The van der Waals surface area contributed by atoms with Gasteiger partial charge in [0.2, 0.25) is 11.8 Å². The maximum atomic E-state index is 12.4. The molecule has 0 saturated carbocycles. The van der Waals surface area contributed by atoms with Crippen LogP contribution in [0.3, 0.4) is 0 Å². The lowest BCUT2D eigenvalue weighted by atomic mass is 10.0. The largest absolute Gasteiger partial charge is 0.273 e. The fraction of sp³-hybridized carbons (Fsp3) is 0.103. The van der Waals surface area contributed by atoms with E-state index in [1.807, 2.05) is 84.9 Å². The van der Waals surface area contributed by atoms with E-state index in [1.165, 1.54) is 0 Å². The van der Waals surface area contributed by atoms with Crippen molar-refractivity contribution in [1.82, 2.24) is 20.8 Å². The van der Waals surface area contributed by atoms with Crippen molar-refractivity contribution < 1.29 is 9.59 Å². The lowest BCUT2D eigenvalue weighted by Gasteiger charge is -2.08. The van der Waals surface area contributed by atoms with Gasteiger partial charge in [0.05, 0.1) is 11.4 Å². The zero-order chi connectivity index (χ0) is 25.7. The third kappa shape index (κ3) is 7.50. The Kier molecular flexibility index (Phi) is 8.96. The van der Waals surface area contributed by atoms with E-state index >= 15 is 0 Å². The number of rotatable bonds is 10. The van der Waals surface area contributed by atoms with Gasteiger partial charge in [-0.3, -0.25) is 19.6 Å². The van der Waals surface area contributed by atoms with Gasteiger partial charge in [0.25, 0.3) is 0 Å². The van der Waals surface area contributed by atoms with E-state index in [0.717, 1.165) is 22.3 Å². The van der Waals surface area contributed by atoms with E-state index in [4.69, 9.17) is 0 Å². The van der Waals surface area contributed by atoms with Crippen molar-refractivity contribution in [3.8, 4) is 0 Å². The molecule has 2 aromatic heterocycles. The predicted molar refractivity (Wildman–Crippen MR) is 143 cm³/mol. The second-order valence-electron chi connectivity index (χ2n) is 8.05. The van der Waals surface area contributed by atoms with Crippen molar-refractivity contribution in [2.24, 2.45) is 10.2 Å². The van der Waals surface area contributed by atoms with Crippen molar-refractivity contribution in [1.29, 1.82) is 0 Å². The number of carbonyl (C=O) groups is 2. The van der Waals surface area contributed by atoms with Crippen molar-refractivity contribution in [2.45, 2.75) is 19.3 Å². The molecule has 0 bridgehead atoms.